The number of rotatable bonds is 9. The molecular formula is C25H20BrI2NO6. The van der Waals surface area contributed by atoms with Gasteiger partial charge in [-0.1, -0.05) is 58.4 Å². The van der Waals surface area contributed by atoms with E-state index in [9.17, 15) is 19.5 Å². The van der Waals surface area contributed by atoms with Gasteiger partial charge in [0.1, 0.15) is 18.4 Å². The van der Waals surface area contributed by atoms with Crippen molar-refractivity contribution in [1.82, 2.24) is 5.32 Å². The monoisotopic (exact) mass is 763 g/mol. The first-order valence-electron chi connectivity index (χ1n) is 10.3. The van der Waals surface area contributed by atoms with Crippen molar-refractivity contribution in [2.45, 2.75) is 19.1 Å². The zero-order valence-corrected chi connectivity index (χ0v) is 24.1. The quantitative estimate of drug-likeness (QED) is 0.167. The van der Waals surface area contributed by atoms with Gasteiger partial charge in [0.25, 0.3) is 0 Å². The van der Waals surface area contributed by atoms with Gasteiger partial charge in [-0.05, 0) is 80.6 Å². The summed E-state index contributed by atoms with van der Waals surface area (Å²) in [6.07, 6.45) is -0.712. The molecule has 1 atom stereocenters. The molecule has 0 unspecified atom stereocenters. The van der Waals surface area contributed by atoms with Gasteiger partial charge < -0.3 is 19.9 Å². The van der Waals surface area contributed by atoms with E-state index in [1.807, 2.05) is 75.5 Å². The number of hydrogen-bond acceptors (Lipinski definition) is 6. The van der Waals surface area contributed by atoms with Crippen molar-refractivity contribution in [2.24, 2.45) is 0 Å². The Balaban J connectivity index is 1.69. The summed E-state index contributed by atoms with van der Waals surface area (Å²) < 4.78 is 12.5. The number of nitrogens with one attached hydrogen (secondary N) is 1. The standard InChI is InChI=1S/C25H20BrI2NO6/c26-18-8-6-17(7-9-18)22(30)14-34-24(32)21(12-16-10-19(27)23(31)20(28)11-16)29-25(33)35-13-15-4-2-1-3-5-15/h1-11,21,31H,12-14H2,(H,29,33)/t21-/m0/s1. The number of alkyl carbamates (subject to hydrolysis) is 1. The van der Waals surface area contributed by atoms with Crippen LogP contribution in [0.25, 0.3) is 0 Å². The first kappa shape index (κ1) is 27.4. The highest BCUT2D eigenvalue weighted by atomic mass is 127. The van der Waals surface area contributed by atoms with Gasteiger partial charge in [0.2, 0.25) is 0 Å². The molecule has 0 saturated carbocycles. The minimum atomic E-state index is -1.10. The average molecular weight is 764 g/mol. The van der Waals surface area contributed by atoms with Crippen LogP contribution in [0.4, 0.5) is 4.79 Å². The molecular weight excluding hydrogens is 744 g/mol. The van der Waals surface area contributed by atoms with Crippen LogP contribution >= 0.6 is 61.1 Å². The second-order valence-corrected chi connectivity index (χ2v) is 10.6. The topological polar surface area (TPSA) is 102 Å². The Hall–Kier alpha value is -2.19. The molecule has 7 nitrogen and oxygen atoms in total. The Bertz CT molecular complexity index is 1180. The molecule has 0 fully saturated rings. The molecule has 3 aromatic rings. The van der Waals surface area contributed by atoms with Crippen LogP contribution in [-0.4, -0.2) is 35.6 Å². The Morgan fingerprint density at radius 2 is 1.54 bits per heavy atom. The fraction of sp³-hybridized carbons (Fsp3) is 0.160. The molecule has 3 aromatic carbocycles. The maximum absolute atomic E-state index is 12.9. The number of hydrogen-bond donors (Lipinski definition) is 2. The van der Waals surface area contributed by atoms with E-state index in [0.29, 0.717) is 18.3 Å². The third kappa shape index (κ3) is 8.46. The second kappa shape index (κ2) is 13.2. The van der Waals surface area contributed by atoms with E-state index in [0.717, 1.165) is 10.0 Å². The lowest BCUT2D eigenvalue weighted by Gasteiger charge is -2.18. The van der Waals surface area contributed by atoms with Crippen LogP contribution < -0.4 is 5.32 Å². The summed E-state index contributed by atoms with van der Waals surface area (Å²) in [5.74, 6) is -1.00. The van der Waals surface area contributed by atoms with Crippen LogP contribution in [-0.2, 0) is 27.3 Å². The third-order valence-corrected chi connectivity index (χ3v) is 6.99. The minimum absolute atomic E-state index is 0.0332. The number of phenols is 1. The smallest absolute Gasteiger partial charge is 0.408 e. The summed E-state index contributed by atoms with van der Waals surface area (Å²) in [7, 11) is 0. The third-order valence-electron chi connectivity index (χ3n) is 4.82. The van der Waals surface area contributed by atoms with Crippen LogP contribution in [0.15, 0.2) is 71.2 Å². The molecule has 0 aliphatic heterocycles. The number of esters is 1. The molecule has 0 heterocycles. The molecule has 0 bridgehead atoms. The Morgan fingerprint density at radius 3 is 2.17 bits per heavy atom. The zero-order chi connectivity index (χ0) is 25.4. The largest absolute Gasteiger partial charge is 0.506 e. The lowest BCUT2D eigenvalue weighted by molar-refractivity contribution is -0.144. The highest BCUT2D eigenvalue weighted by molar-refractivity contribution is 14.1. The van der Waals surface area contributed by atoms with Gasteiger partial charge in [-0.25, -0.2) is 9.59 Å². The van der Waals surface area contributed by atoms with Crippen molar-refractivity contribution < 1.29 is 29.0 Å². The second-order valence-electron chi connectivity index (χ2n) is 7.41. The summed E-state index contributed by atoms with van der Waals surface area (Å²) in [6.45, 7) is -0.437. The number of Topliss-reactive ketones (excluding diaryl/α,β-unsaturated/α-hetero) is 1. The van der Waals surface area contributed by atoms with E-state index in [-0.39, 0.29) is 24.6 Å². The molecule has 10 heteroatoms. The number of phenolic OH excluding ortho intramolecular Hbond substituents is 1. The zero-order valence-electron chi connectivity index (χ0n) is 18.2. The number of ketones is 1. The van der Waals surface area contributed by atoms with Crippen molar-refractivity contribution in [1.29, 1.82) is 0 Å². The minimum Gasteiger partial charge on any atom is -0.506 e. The van der Waals surface area contributed by atoms with Crippen LogP contribution in [0.5, 0.6) is 5.75 Å². The Kier molecular flexibility index (Phi) is 10.3. The lowest BCUT2D eigenvalue weighted by atomic mass is 10.1. The molecule has 0 radical (unpaired) electrons. The summed E-state index contributed by atoms with van der Waals surface area (Å²) in [6, 6.07) is 18.1. The molecule has 2 N–H and O–H groups in total. The lowest BCUT2D eigenvalue weighted by Crippen LogP contribution is -2.44. The fourth-order valence-electron chi connectivity index (χ4n) is 3.03. The van der Waals surface area contributed by atoms with Crippen molar-refractivity contribution in [3.05, 3.63) is 95.0 Å². The Labute approximate surface area is 238 Å². The van der Waals surface area contributed by atoms with Gasteiger partial charge in [-0.3, -0.25) is 4.79 Å². The van der Waals surface area contributed by atoms with Crippen LogP contribution in [0.1, 0.15) is 21.5 Å². The van der Waals surface area contributed by atoms with Gasteiger partial charge in [-0.15, -0.1) is 0 Å². The normalized spacial score (nSPS) is 11.4. The van der Waals surface area contributed by atoms with E-state index >= 15 is 0 Å². The van der Waals surface area contributed by atoms with Crippen molar-refractivity contribution >= 4 is 79.0 Å². The van der Waals surface area contributed by atoms with Gasteiger partial charge in [0, 0.05) is 16.5 Å². The molecule has 0 spiro atoms. The summed E-state index contributed by atoms with van der Waals surface area (Å²) >= 11 is 7.28. The molecule has 1 amide bonds. The van der Waals surface area contributed by atoms with E-state index in [1.165, 1.54) is 0 Å². The van der Waals surface area contributed by atoms with E-state index in [4.69, 9.17) is 9.47 Å². The van der Waals surface area contributed by atoms with Crippen LogP contribution in [0.3, 0.4) is 0 Å². The first-order valence-corrected chi connectivity index (χ1v) is 13.3. The summed E-state index contributed by atoms with van der Waals surface area (Å²) in [5, 5.41) is 12.6. The molecule has 0 aromatic heterocycles. The number of halogens is 3. The number of carbonyl (C=O) groups excluding carboxylic acids is 3. The maximum atomic E-state index is 12.9. The predicted octanol–water partition coefficient (Wildman–Crippen LogP) is 5.63. The molecule has 182 valence electrons. The van der Waals surface area contributed by atoms with Gasteiger partial charge >= 0.3 is 12.1 Å². The molecule has 0 saturated heterocycles. The first-order chi connectivity index (χ1) is 16.7. The number of amides is 1. The summed E-state index contributed by atoms with van der Waals surface area (Å²) in [4.78, 5) is 37.7. The van der Waals surface area contributed by atoms with Gasteiger partial charge in [0.05, 0.1) is 7.14 Å². The maximum Gasteiger partial charge on any atom is 0.408 e. The molecule has 0 aliphatic rings. The number of ether oxygens (including phenoxy) is 2. The Morgan fingerprint density at radius 1 is 0.914 bits per heavy atom. The van der Waals surface area contributed by atoms with Crippen molar-refractivity contribution in [2.75, 3.05) is 6.61 Å². The van der Waals surface area contributed by atoms with Gasteiger partial charge in [-0.2, -0.15) is 0 Å². The summed E-state index contributed by atoms with van der Waals surface area (Å²) in [5.41, 5.74) is 1.89. The van der Waals surface area contributed by atoms with Crippen molar-refractivity contribution in [3.63, 3.8) is 0 Å². The van der Waals surface area contributed by atoms with Crippen molar-refractivity contribution in [3.8, 4) is 5.75 Å². The SMILES string of the molecule is O=C(N[C@@H](Cc1cc(I)c(O)c(I)c1)C(=O)OCC(=O)c1ccc(Br)cc1)OCc1ccccc1. The van der Waals surface area contributed by atoms with E-state index in [2.05, 4.69) is 21.2 Å². The van der Waals surface area contributed by atoms with E-state index < -0.39 is 24.7 Å². The number of carbonyl (C=O) groups is 3. The van der Waals surface area contributed by atoms with E-state index in [1.54, 1.807) is 36.4 Å². The number of aromatic hydroxyl groups is 1. The molecule has 3 rings (SSSR count). The number of benzene rings is 3. The van der Waals surface area contributed by atoms with Crippen LogP contribution in [0.2, 0.25) is 0 Å². The fourth-order valence-corrected chi connectivity index (χ4v) is 5.19. The van der Waals surface area contributed by atoms with Crippen LogP contribution in [0, 0.1) is 7.14 Å². The predicted molar refractivity (Wildman–Crippen MR) is 150 cm³/mol. The average Bonchev–Trinajstić information content (AvgIpc) is 2.85. The highest BCUT2D eigenvalue weighted by Crippen LogP contribution is 2.28. The highest BCUT2D eigenvalue weighted by Gasteiger charge is 2.25. The van der Waals surface area contributed by atoms with Gasteiger partial charge in [0.15, 0.2) is 12.4 Å². The molecule has 35 heavy (non-hydrogen) atoms. The molecule has 0 aliphatic carbocycles.